The van der Waals surface area contributed by atoms with E-state index in [2.05, 4.69) is 134 Å². The van der Waals surface area contributed by atoms with Crippen LogP contribution in [0.2, 0.25) is 0 Å². The van der Waals surface area contributed by atoms with E-state index in [4.69, 9.17) is 13.8 Å². The summed E-state index contributed by atoms with van der Waals surface area (Å²) in [6, 6.07) is 55.2. The van der Waals surface area contributed by atoms with Gasteiger partial charge in [0.05, 0.1) is 5.69 Å². The van der Waals surface area contributed by atoms with Gasteiger partial charge in [-0.05, 0) is 70.3 Å². The molecule has 0 radical (unpaired) electrons. The van der Waals surface area contributed by atoms with Crippen LogP contribution in [0.1, 0.15) is 25.0 Å². The van der Waals surface area contributed by atoms with Gasteiger partial charge in [-0.25, -0.2) is 4.98 Å². The largest absolute Gasteiger partial charge is 0.454 e. The van der Waals surface area contributed by atoms with E-state index in [-0.39, 0.29) is 5.41 Å². The third kappa shape index (κ3) is 4.21. The molecule has 1 aliphatic carbocycles. The van der Waals surface area contributed by atoms with Crippen molar-refractivity contribution in [1.82, 2.24) is 4.98 Å². The molecule has 50 heavy (non-hydrogen) atoms. The minimum Gasteiger partial charge on any atom is -0.454 e. The summed E-state index contributed by atoms with van der Waals surface area (Å²) >= 11 is 0. The predicted molar refractivity (Wildman–Crippen MR) is 204 cm³/mol. The van der Waals surface area contributed by atoms with Gasteiger partial charge in [-0.3, -0.25) is 0 Å². The number of oxazole rings is 1. The van der Waals surface area contributed by atoms with Crippen molar-refractivity contribution in [2.75, 3.05) is 4.90 Å². The molecule has 238 valence electrons. The average molecular weight is 645 g/mol. The van der Waals surface area contributed by atoms with Crippen LogP contribution in [0.25, 0.3) is 66.7 Å². The van der Waals surface area contributed by atoms with Gasteiger partial charge in [-0.15, -0.1) is 0 Å². The predicted octanol–water partition coefficient (Wildman–Crippen LogP) is 12.8. The topological polar surface area (TPSA) is 42.4 Å². The number of rotatable bonds is 5. The smallest absolute Gasteiger partial charge is 0.227 e. The molecule has 4 nitrogen and oxygen atoms in total. The lowest BCUT2D eigenvalue weighted by molar-refractivity contribution is 0.618. The molecule has 0 bridgehead atoms. The van der Waals surface area contributed by atoms with Crippen molar-refractivity contribution in [3.8, 4) is 33.7 Å². The molecule has 0 spiro atoms. The summed E-state index contributed by atoms with van der Waals surface area (Å²) in [7, 11) is 0. The van der Waals surface area contributed by atoms with E-state index < -0.39 is 0 Å². The van der Waals surface area contributed by atoms with Crippen LogP contribution in [0.3, 0.4) is 0 Å². The first-order valence-electron chi connectivity index (χ1n) is 17.1. The second kappa shape index (κ2) is 10.8. The fourth-order valence-corrected chi connectivity index (χ4v) is 7.88. The maximum absolute atomic E-state index is 6.83. The lowest BCUT2D eigenvalue weighted by Gasteiger charge is -2.29. The third-order valence-corrected chi connectivity index (χ3v) is 10.3. The average Bonchev–Trinajstić information content (AvgIpc) is 3.83. The number of para-hydroxylation sites is 2. The molecule has 4 heteroatoms. The van der Waals surface area contributed by atoms with Crippen molar-refractivity contribution in [1.29, 1.82) is 0 Å². The van der Waals surface area contributed by atoms with Gasteiger partial charge in [-0.2, -0.15) is 0 Å². The maximum atomic E-state index is 6.83. The Morgan fingerprint density at radius 3 is 2.00 bits per heavy atom. The van der Waals surface area contributed by atoms with Crippen LogP contribution >= 0.6 is 0 Å². The molecule has 0 saturated heterocycles. The second-order valence-corrected chi connectivity index (χ2v) is 13.6. The molecule has 0 N–H and O–H groups in total. The fraction of sp³-hybridized carbons (Fsp3) is 0.0652. The van der Waals surface area contributed by atoms with Gasteiger partial charge in [0.15, 0.2) is 11.2 Å². The van der Waals surface area contributed by atoms with E-state index in [9.17, 15) is 0 Å². The number of fused-ring (bicyclic) bond motifs is 7. The summed E-state index contributed by atoms with van der Waals surface area (Å²) < 4.78 is 13.7. The number of furan rings is 1. The van der Waals surface area contributed by atoms with Crippen molar-refractivity contribution in [2.24, 2.45) is 0 Å². The highest BCUT2D eigenvalue weighted by Gasteiger charge is 2.36. The van der Waals surface area contributed by atoms with Crippen LogP contribution in [0.15, 0.2) is 167 Å². The molecule has 0 saturated carbocycles. The number of benzene rings is 7. The lowest BCUT2D eigenvalue weighted by atomic mass is 9.82. The van der Waals surface area contributed by atoms with Gasteiger partial charge >= 0.3 is 0 Å². The highest BCUT2D eigenvalue weighted by Crippen LogP contribution is 2.53. The molecule has 10 rings (SSSR count). The summed E-state index contributed by atoms with van der Waals surface area (Å²) in [4.78, 5) is 7.43. The number of aromatic nitrogens is 1. The summed E-state index contributed by atoms with van der Waals surface area (Å²) in [5, 5.41) is 2.03. The molecule has 2 heterocycles. The summed E-state index contributed by atoms with van der Waals surface area (Å²) in [6.45, 7) is 4.65. The Labute approximate surface area is 289 Å². The number of anilines is 3. The molecule has 1 aliphatic rings. The zero-order valence-corrected chi connectivity index (χ0v) is 27.7. The van der Waals surface area contributed by atoms with Crippen molar-refractivity contribution in [3.63, 3.8) is 0 Å². The monoisotopic (exact) mass is 644 g/mol. The Hall–Kier alpha value is -6.39. The highest BCUT2D eigenvalue weighted by molar-refractivity contribution is 6.18. The maximum Gasteiger partial charge on any atom is 0.227 e. The van der Waals surface area contributed by atoms with E-state index in [0.29, 0.717) is 11.5 Å². The first-order valence-corrected chi connectivity index (χ1v) is 17.1. The number of hydrogen-bond donors (Lipinski definition) is 0. The van der Waals surface area contributed by atoms with Gasteiger partial charge < -0.3 is 13.7 Å². The van der Waals surface area contributed by atoms with Crippen LogP contribution in [-0.2, 0) is 5.41 Å². The van der Waals surface area contributed by atoms with E-state index in [1.165, 1.54) is 22.3 Å². The molecule has 0 atom stereocenters. The van der Waals surface area contributed by atoms with Crippen molar-refractivity contribution < 1.29 is 8.83 Å². The molecule has 7 aromatic carbocycles. The first kappa shape index (κ1) is 28.6. The molecular formula is C46H32N2O2. The third-order valence-electron chi connectivity index (χ3n) is 10.3. The van der Waals surface area contributed by atoms with Gasteiger partial charge in [-0.1, -0.05) is 129 Å². The SMILES string of the molecule is CC1(C)c2ccccc2-c2ccc(N(c3ccccc3-c3ccccc3)c3c4oc(-c5ccccc5)nc4cc4c3oc3ccccc34)cc21. The van der Waals surface area contributed by atoms with Crippen LogP contribution in [-0.4, -0.2) is 4.98 Å². The van der Waals surface area contributed by atoms with Crippen molar-refractivity contribution in [3.05, 3.63) is 169 Å². The summed E-state index contributed by atoms with van der Waals surface area (Å²) in [6.07, 6.45) is 0. The molecule has 0 aliphatic heterocycles. The molecule has 9 aromatic rings. The van der Waals surface area contributed by atoms with E-state index in [0.717, 1.165) is 61.2 Å². The minimum atomic E-state index is -0.181. The Kier molecular flexibility index (Phi) is 6.19. The Morgan fingerprint density at radius 1 is 0.520 bits per heavy atom. The van der Waals surface area contributed by atoms with Crippen LogP contribution in [0, 0.1) is 0 Å². The quantitative estimate of drug-likeness (QED) is 0.187. The molecule has 0 fully saturated rings. The van der Waals surface area contributed by atoms with E-state index >= 15 is 0 Å². The number of hydrogen-bond acceptors (Lipinski definition) is 4. The van der Waals surface area contributed by atoms with Gasteiger partial charge in [0, 0.05) is 33.0 Å². The zero-order valence-electron chi connectivity index (χ0n) is 27.7. The van der Waals surface area contributed by atoms with E-state index in [1.54, 1.807) is 0 Å². The molecule has 2 aromatic heterocycles. The first-order chi connectivity index (χ1) is 24.6. The van der Waals surface area contributed by atoms with Gasteiger partial charge in [0.25, 0.3) is 0 Å². The fourth-order valence-electron chi connectivity index (χ4n) is 7.88. The van der Waals surface area contributed by atoms with Crippen LogP contribution in [0.4, 0.5) is 17.1 Å². The molecule has 0 unspecified atom stereocenters. The van der Waals surface area contributed by atoms with E-state index in [1.807, 2.05) is 42.5 Å². The Bertz CT molecular complexity index is 2740. The lowest BCUT2D eigenvalue weighted by Crippen LogP contribution is -2.17. The Balaban J connectivity index is 1.33. The molecule has 0 amide bonds. The normalized spacial score (nSPS) is 13.2. The van der Waals surface area contributed by atoms with Crippen LogP contribution < -0.4 is 4.90 Å². The van der Waals surface area contributed by atoms with Crippen molar-refractivity contribution in [2.45, 2.75) is 19.3 Å². The summed E-state index contributed by atoms with van der Waals surface area (Å²) in [5.41, 5.74) is 14.0. The van der Waals surface area contributed by atoms with Gasteiger partial charge in [0.2, 0.25) is 5.89 Å². The van der Waals surface area contributed by atoms with Crippen LogP contribution in [0.5, 0.6) is 0 Å². The zero-order chi connectivity index (χ0) is 33.4. The van der Waals surface area contributed by atoms with Gasteiger partial charge in [0.1, 0.15) is 16.8 Å². The minimum absolute atomic E-state index is 0.181. The Morgan fingerprint density at radius 2 is 1.18 bits per heavy atom. The number of nitrogens with zero attached hydrogens (tertiary/aromatic N) is 2. The summed E-state index contributed by atoms with van der Waals surface area (Å²) in [5.74, 6) is 0.570. The van der Waals surface area contributed by atoms with Crippen molar-refractivity contribution >= 4 is 50.1 Å². The second-order valence-electron chi connectivity index (χ2n) is 13.6. The highest BCUT2D eigenvalue weighted by atomic mass is 16.4. The standard InChI is InChI=1S/C46H32N2O2/c1-46(2)37-22-12-9-20-33(37)34-26-25-31(27-38(34)46)48(40-23-13-10-19-32(40)29-15-5-3-6-16-29)42-43-36(35-21-11-14-24-41(35)49-43)28-39-44(42)50-45(47-39)30-17-7-4-8-18-30/h3-28H,1-2H3. The molecular weight excluding hydrogens is 613 g/mol.